The highest BCUT2D eigenvalue weighted by Gasteiger charge is 2.13. The molecule has 0 unspecified atom stereocenters. The lowest BCUT2D eigenvalue weighted by Gasteiger charge is -1.94. The molecule has 0 spiro atoms. The standard InChI is InChI=1S/C17H12FN3O2/c1-2-15-19-13-9-10(6-7-14(13)22-15)16-20-17(23-21-16)11-4-3-5-12(18)8-11/h3-9H,2H2,1H3. The van der Waals surface area contributed by atoms with Gasteiger partial charge in [-0.25, -0.2) is 9.37 Å². The maximum atomic E-state index is 13.3. The Hall–Kier alpha value is -3.02. The third-order valence-electron chi connectivity index (χ3n) is 3.49. The molecule has 4 rings (SSSR count). The molecule has 0 amide bonds. The summed E-state index contributed by atoms with van der Waals surface area (Å²) in [6.45, 7) is 1.98. The number of rotatable bonds is 3. The van der Waals surface area contributed by atoms with Gasteiger partial charge in [0.25, 0.3) is 5.89 Å². The van der Waals surface area contributed by atoms with Crippen molar-refractivity contribution in [1.29, 1.82) is 0 Å². The number of benzene rings is 2. The highest BCUT2D eigenvalue weighted by molar-refractivity contribution is 5.78. The molecule has 0 atom stereocenters. The van der Waals surface area contributed by atoms with Crippen LogP contribution in [0.25, 0.3) is 33.9 Å². The Labute approximate surface area is 130 Å². The van der Waals surface area contributed by atoms with Crippen molar-refractivity contribution in [1.82, 2.24) is 15.1 Å². The summed E-state index contributed by atoms with van der Waals surface area (Å²) in [7, 11) is 0. The van der Waals surface area contributed by atoms with E-state index in [4.69, 9.17) is 8.94 Å². The first kappa shape index (κ1) is 13.6. The quantitative estimate of drug-likeness (QED) is 0.566. The third-order valence-corrected chi connectivity index (χ3v) is 3.49. The van der Waals surface area contributed by atoms with Crippen molar-refractivity contribution in [2.24, 2.45) is 0 Å². The molecule has 23 heavy (non-hydrogen) atoms. The summed E-state index contributed by atoms with van der Waals surface area (Å²) in [5.74, 6) is 1.03. The zero-order valence-electron chi connectivity index (χ0n) is 12.3. The Morgan fingerprint density at radius 2 is 1.96 bits per heavy atom. The minimum atomic E-state index is -0.349. The van der Waals surface area contributed by atoms with Gasteiger partial charge in [0.05, 0.1) is 0 Å². The number of hydrogen-bond donors (Lipinski definition) is 0. The second kappa shape index (κ2) is 5.31. The van der Waals surface area contributed by atoms with Crippen molar-refractivity contribution in [2.75, 3.05) is 0 Å². The van der Waals surface area contributed by atoms with E-state index in [-0.39, 0.29) is 11.7 Å². The summed E-state index contributed by atoms with van der Waals surface area (Å²) in [5.41, 5.74) is 2.77. The maximum absolute atomic E-state index is 13.3. The van der Waals surface area contributed by atoms with Gasteiger partial charge in [-0.3, -0.25) is 0 Å². The van der Waals surface area contributed by atoms with Gasteiger partial charge in [0.2, 0.25) is 5.82 Å². The average molecular weight is 309 g/mol. The second-order valence-electron chi connectivity index (χ2n) is 5.08. The Kier molecular flexibility index (Phi) is 3.15. The first-order valence-corrected chi connectivity index (χ1v) is 7.22. The molecule has 0 radical (unpaired) electrons. The predicted octanol–water partition coefficient (Wildman–Crippen LogP) is 4.25. The highest BCUT2D eigenvalue weighted by atomic mass is 19.1. The molecule has 2 heterocycles. The Balaban J connectivity index is 1.73. The van der Waals surface area contributed by atoms with Crippen LogP contribution in [0.1, 0.15) is 12.8 Å². The molecule has 2 aromatic carbocycles. The van der Waals surface area contributed by atoms with E-state index < -0.39 is 0 Å². The molecular formula is C17H12FN3O2. The van der Waals surface area contributed by atoms with Gasteiger partial charge in [-0.05, 0) is 36.4 Å². The minimum absolute atomic E-state index is 0.272. The van der Waals surface area contributed by atoms with Crippen molar-refractivity contribution in [3.05, 3.63) is 54.2 Å². The Morgan fingerprint density at radius 1 is 1.04 bits per heavy atom. The van der Waals surface area contributed by atoms with Crippen molar-refractivity contribution < 1.29 is 13.3 Å². The van der Waals surface area contributed by atoms with Crippen LogP contribution in [-0.4, -0.2) is 15.1 Å². The zero-order chi connectivity index (χ0) is 15.8. The molecular weight excluding hydrogens is 297 g/mol. The Bertz CT molecular complexity index is 990. The van der Waals surface area contributed by atoms with E-state index in [1.807, 2.05) is 25.1 Å². The van der Waals surface area contributed by atoms with Crippen LogP contribution in [0.4, 0.5) is 4.39 Å². The monoisotopic (exact) mass is 309 g/mol. The zero-order valence-corrected chi connectivity index (χ0v) is 12.3. The fourth-order valence-corrected chi connectivity index (χ4v) is 2.34. The lowest BCUT2D eigenvalue weighted by molar-refractivity contribution is 0.432. The van der Waals surface area contributed by atoms with E-state index in [1.54, 1.807) is 12.1 Å². The van der Waals surface area contributed by atoms with Crippen molar-refractivity contribution in [2.45, 2.75) is 13.3 Å². The molecule has 4 aromatic rings. The summed E-state index contributed by atoms with van der Waals surface area (Å²) in [6.07, 6.45) is 0.732. The average Bonchev–Trinajstić information content (AvgIpc) is 3.20. The van der Waals surface area contributed by atoms with Gasteiger partial charge in [-0.1, -0.05) is 18.1 Å². The van der Waals surface area contributed by atoms with E-state index in [1.165, 1.54) is 12.1 Å². The first-order chi connectivity index (χ1) is 11.2. The normalized spacial score (nSPS) is 11.2. The summed E-state index contributed by atoms with van der Waals surface area (Å²) in [5, 5.41) is 3.96. The molecule has 2 aromatic heterocycles. The molecule has 0 N–H and O–H groups in total. The van der Waals surface area contributed by atoms with Gasteiger partial charge in [-0.2, -0.15) is 4.98 Å². The molecule has 6 heteroatoms. The van der Waals surface area contributed by atoms with Crippen LogP contribution in [0.2, 0.25) is 0 Å². The summed E-state index contributed by atoms with van der Waals surface area (Å²) < 4.78 is 24.1. The van der Waals surface area contributed by atoms with E-state index in [0.29, 0.717) is 17.3 Å². The first-order valence-electron chi connectivity index (χ1n) is 7.22. The number of hydrogen-bond acceptors (Lipinski definition) is 5. The van der Waals surface area contributed by atoms with Crippen molar-refractivity contribution >= 4 is 11.1 Å². The minimum Gasteiger partial charge on any atom is -0.441 e. The fourth-order valence-electron chi connectivity index (χ4n) is 2.34. The molecule has 0 aliphatic carbocycles. The second-order valence-corrected chi connectivity index (χ2v) is 5.08. The van der Waals surface area contributed by atoms with E-state index >= 15 is 0 Å². The molecule has 114 valence electrons. The summed E-state index contributed by atoms with van der Waals surface area (Å²) in [4.78, 5) is 8.71. The van der Waals surface area contributed by atoms with E-state index in [2.05, 4.69) is 15.1 Å². The van der Waals surface area contributed by atoms with Crippen LogP contribution in [0.15, 0.2) is 51.4 Å². The lowest BCUT2D eigenvalue weighted by atomic mass is 10.2. The van der Waals surface area contributed by atoms with Crippen LogP contribution in [0, 0.1) is 5.82 Å². The van der Waals surface area contributed by atoms with Gasteiger partial charge in [0.1, 0.15) is 11.3 Å². The van der Waals surface area contributed by atoms with Gasteiger partial charge >= 0.3 is 0 Å². The Morgan fingerprint density at radius 3 is 2.78 bits per heavy atom. The largest absolute Gasteiger partial charge is 0.441 e. The van der Waals surface area contributed by atoms with E-state index in [9.17, 15) is 4.39 Å². The van der Waals surface area contributed by atoms with Gasteiger partial charge in [0, 0.05) is 17.5 Å². The number of fused-ring (bicyclic) bond motifs is 1. The van der Waals surface area contributed by atoms with Crippen LogP contribution in [0.5, 0.6) is 0 Å². The molecule has 0 fully saturated rings. The molecule has 5 nitrogen and oxygen atoms in total. The maximum Gasteiger partial charge on any atom is 0.258 e. The molecule has 0 saturated carbocycles. The summed E-state index contributed by atoms with van der Waals surface area (Å²) >= 11 is 0. The number of oxazole rings is 1. The van der Waals surface area contributed by atoms with Gasteiger partial charge < -0.3 is 8.94 Å². The van der Waals surface area contributed by atoms with Crippen LogP contribution in [-0.2, 0) is 6.42 Å². The number of aromatic nitrogens is 3. The molecule has 0 aliphatic rings. The van der Waals surface area contributed by atoms with Crippen molar-refractivity contribution in [3.8, 4) is 22.8 Å². The van der Waals surface area contributed by atoms with Gasteiger partial charge in [-0.15, -0.1) is 0 Å². The van der Waals surface area contributed by atoms with Crippen LogP contribution >= 0.6 is 0 Å². The van der Waals surface area contributed by atoms with Crippen molar-refractivity contribution in [3.63, 3.8) is 0 Å². The van der Waals surface area contributed by atoms with Crippen LogP contribution in [0.3, 0.4) is 0 Å². The molecule has 0 bridgehead atoms. The fraction of sp³-hybridized carbons (Fsp3) is 0.118. The van der Waals surface area contributed by atoms with Gasteiger partial charge in [0.15, 0.2) is 11.5 Å². The van der Waals surface area contributed by atoms with Crippen LogP contribution < -0.4 is 0 Å². The lowest BCUT2D eigenvalue weighted by Crippen LogP contribution is -1.82. The highest BCUT2D eigenvalue weighted by Crippen LogP contribution is 2.26. The van der Waals surface area contributed by atoms with E-state index in [0.717, 1.165) is 23.1 Å². The number of nitrogens with zero attached hydrogens (tertiary/aromatic N) is 3. The molecule has 0 saturated heterocycles. The predicted molar refractivity (Wildman–Crippen MR) is 82.1 cm³/mol. The number of halogens is 1. The molecule has 0 aliphatic heterocycles. The third kappa shape index (κ3) is 2.48. The number of aryl methyl sites for hydroxylation is 1. The SMILES string of the molecule is CCc1nc2cc(-c3noc(-c4cccc(F)c4)n3)ccc2o1. The summed E-state index contributed by atoms with van der Waals surface area (Å²) in [6, 6.07) is 11.5. The smallest absolute Gasteiger partial charge is 0.258 e. The topological polar surface area (TPSA) is 65.0 Å².